The molecular weight excluding hydrogens is 319 g/mol. The molecule has 0 radical (unpaired) electrons. The summed E-state index contributed by atoms with van der Waals surface area (Å²) in [4.78, 5) is 2.13. The predicted octanol–water partition coefficient (Wildman–Crippen LogP) is 3.94. The van der Waals surface area contributed by atoms with Gasteiger partial charge in [-0.25, -0.2) is 4.39 Å². The number of rotatable bonds is 5. The number of halogens is 2. The molecule has 0 atom stereocenters. The fourth-order valence-electron chi connectivity index (χ4n) is 2.25. The Hall–Kier alpha value is -1.39. The smallest absolute Gasteiger partial charge is 0.123 e. The van der Waals surface area contributed by atoms with E-state index in [0.717, 1.165) is 22.3 Å². The maximum absolute atomic E-state index is 13.4. The van der Waals surface area contributed by atoms with Crippen molar-refractivity contribution in [2.24, 2.45) is 0 Å². The van der Waals surface area contributed by atoms with Gasteiger partial charge in [0.25, 0.3) is 0 Å². The molecule has 20 heavy (non-hydrogen) atoms. The van der Waals surface area contributed by atoms with Gasteiger partial charge in [0.05, 0.1) is 0 Å². The number of hydrogen-bond acceptors (Lipinski definition) is 2. The van der Waals surface area contributed by atoms with Crippen molar-refractivity contribution in [1.29, 1.82) is 0 Å². The predicted molar refractivity (Wildman–Crippen MR) is 85.4 cm³/mol. The maximum Gasteiger partial charge on any atom is 0.123 e. The second kappa shape index (κ2) is 6.86. The van der Waals surface area contributed by atoms with Gasteiger partial charge in [-0.3, -0.25) is 0 Å². The van der Waals surface area contributed by atoms with Gasteiger partial charge in [-0.05, 0) is 48.5 Å². The summed E-state index contributed by atoms with van der Waals surface area (Å²) >= 11 is 3.48. The van der Waals surface area contributed by atoms with E-state index in [1.54, 1.807) is 6.07 Å². The molecular formula is C16H18BrFN2. The Labute approximate surface area is 127 Å². The number of hydrogen-bond donors (Lipinski definition) is 1. The molecule has 0 saturated heterocycles. The van der Waals surface area contributed by atoms with Gasteiger partial charge in [-0.1, -0.05) is 28.1 Å². The van der Waals surface area contributed by atoms with Gasteiger partial charge >= 0.3 is 0 Å². The van der Waals surface area contributed by atoms with Crippen LogP contribution in [-0.2, 0) is 13.1 Å². The zero-order valence-corrected chi connectivity index (χ0v) is 13.2. The Morgan fingerprint density at radius 2 is 2.00 bits per heavy atom. The highest BCUT2D eigenvalue weighted by molar-refractivity contribution is 9.10. The van der Waals surface area contributed by atoms with Gasteiger partial charge in [-0.2, -0.15) is 0 Å². The minimum Gasteiger partial charge on any atom is -0.370 e. The molecule has 106 valence electrons. The van der Waals surface area contributed by atoms with E-state index in [-0.39, 0.29) is 5.82 Å². The van der Waals surface area contributed by atoms with Gasteiger partial charge in [0.2, 0.25) is 0 Å². The first kappa shape index (κ1) is 15.0. The molecule has 0 bridgehead atoms. The first-order chi connectivity index (χ1) is 9.60. The quantitative estimate of drug-likeness (QED) is 0.889. The average Bonchev–Trinajstić information content (AvgIpc) is 2.39. The van der Waals surface area contributed by atoms with Crippen molar-refractivity contribution in [2.75, 3.05) is 19.0 Å². The van der Waals surface area contributed by atoms with Crippen LogP contribution >= 0.6 is 15.9 Å². The monoisotopic (exact) mass is 336 g/mol. The Morgan fingerprint density at radius 1 is 1.20 bits per heavy atom. The summed E-state index contributed by atoms with van der Waals surface area (Å²) in [5, 5.41) is 3.08. The maximum atomic E-state index is 13.4. The van der Waals surface area contributed by atoms with Crippen molar-refractivity contribution >= 4 is 21.6 Å². The van der Waals surface area contributed by atoms with Crippen LogP contribution in [-0.4, -0.2) is 14.1 Å². The van der Waals surface area contributed by atoms with Crippen molar-refractivity contribution in [2.45, 2.75) is 13.1 Å². The first-order valence-corrected chi connectivity index (χ1v) is 7.28. The van der Waals surface area contributed by atoms with E-state index in [9.17, 15) is 4.39 Å². The standard InChI is InChI=1S/C16H18BrFN2/c1-19-10-13-9-15(18)6-7-16(13)20(2)11-12-4-3-5-14(17)8-12/h3-9,19H,10-11H2,1-2H3. The van der Waals surface area contributed by atoms with E-state index in [4.69, 9.17) is 0 Å². The summed E-state index contributed by atoms with van der Waals surface area (Å²) < 4.78 is 14.4. The lowest BCUT2D eigenvalue weighted by molar-refractivity contribution is 0.623. The number of benzene rings is 2. The first-order valence-electron chi connectivity index (χ1n) is 6.49. The lowest BCUT2D eigenvalue weighted by atomic mass is 10.1. The molecule has 0 saturated carbocycles. The Morgan fingerprint density at radius 3 is 2.70 bits per heavy atom. The van der Waals surface area contributed by atoms with Crippen LogP contribution < -0.4 is 10.2 Å². The van der Waals surface area contributed by atoms with Crippen LogP contribution in [0.2, 0.25) is 0 Å². The molecule has 2 aromatic carbocycles. The van der Waals surface area contributed by atoms with Crippen LogP contribution in [0.25, 0.3) is 0 Å². The fourth-order valence-corrected chi connectivity index (χ4v) is 2.70. The summed E-state index contributed by atoms with van der Waals surface area (Å²) in [6, 6.07) is 13.1. The zero-order chi connectivity index (χ0) is 14.5. The van der Waals surface area contributed by atoms with Gasteiger partial charge < -0.3 is 10.2 Å². The molecule has 0 aromatic heterocycles. The lowest BCUT2D eigenvalue weighted by Gasteiger charge is -2.23. The SMILES string of the molecule is CNCc1cc(F)ccc1N(C)Cc1cccc(Br)c1. The second-order valence-electron chi connectivity index (χ2n) is 4.79. The summed E-state index contributed by atoms with van der Waals surface area (Å²) in [7, 11) is 3.89. The lowest BCUT2D eigenvalue weighted by Crippen LogP contribution is -2.19. The zero-order valence-electron chi connectivity index (χ0n) is 11.7. The molecule has 2 aromatic rings. The average molecular weight is 337 g/mol. The molecule has 0 aliphatic heterocycles. The minimum absolute atomic E-state index is 0.199. The highest BCUT2D eigenvalue weighted by Crippen LogP contribution is 2.23. The molecule has 2 rings (SSSR count). The van der Waals surface area contributed by atoms with Crippen LogP contribution in [0.5, 0.6) is 0 Å². The van der Waals surface area contributed by atoms with E-state index in [1.165, 1.54) is 11.6 Å². The van der Waals surface area contributed by atoms with Crippen LogP contribution in [0.1, 0.15) is 11.1 Å². The van der Waals surface area contributed by atoms with Gasteiger partial charge in [0.15, 0.2) is 0 Å². The molecule has 1 N–H and O–H groups in total. The van der Waals surface area contributed by atoms with Crippen molar-refractivity contribution in [3.8, 4) is 0 Å². The minimum atomic E-state index is -0.199. The van der Waals surface area contributed by atoms with Crippen LogP contribution in [0.3, 0.4) is 0 Å². The Balaban J connectivity index is 2.22. The second-order valence-corrected chi connectivity index (χ2v) is 5.71. The molecule has 0 aliphatic carbocycles. The molecule has 0 spiro atoms. The molecule has 0 unspecified atom stereocenters. The van der Waals surface area contributed by atoms with Gasteiger partial charge in [0, 0.05) is 30.3 Å². The van der Waals surface area contributed by atoms with Crippen molar-refractivity contribution in [3.63, 3.8) is 0 Å². The summed E-state index contributed by atoms with van der Waals surface area (Å²) in [6.07, 6.45) is 0. The van der Waals surface area contributed by atoms with Crippen LogP contribution in [0.15, 0.2) is 46.9 Å². The van der Waals surface area contributed by atoms with Crippen molar-refractivity contribution in [1.82, 2.24) is 5.32 Å². The number of anilines is 1. The number of nitrogens with one attached hydrogen (secondary N) is 1. The summed E-state index contributed by atoms with van der Waals surface area (Å²) in [5.41, 5.74) is 3.22. The largest absolute Gasteiger partial charge is 0.370 e. The van der Waals surface area contributed by atoms with Gasteiger partial charge in [0.1, 0.15) is 5.82 Å². The summed E-state index contributed by atoms with van der Waals surface area (Å²) in [6.45, 7) is 1.43. The molecule has 4 heteroatoms. The molecule has 0 amide bonds. The third kappa shape index (κ3) is 3.81. The molecule has 0 aliphatic rings. The van der Waals surface area contributed by atoms with Crippen LogP contribution in [0.4, 0.5) is 10.1 Å². The van der Waals surface area contributed by atoms with Gasteiger partial charge in [-0.15, -0.1) is 0 Å². The highest BCUT2D eigenvalue weighted by Gasteiger charge is 2.09. The van der Waals surface area contributed by atoms with Crippen molar-refractivity contribution in [3.05, 3.63) is 63.9 Å². The van der Waals surface area contributed by atoms with E-state index < -0.39 is 0 Å². The fraction of sp³-hybridized carbons (Fsp3) is 0.250. The topological polar surface area (TPSA) is 15.3 Å². The van der Waals surface area contributed by atoms with Crippen LogP contribution in [0, 0.1) is 5.82 Å². The highest BCUT2D eigenvalue weighted by atomic mass is 79.9. The van der Waals surface area contributed by atoms with E-state index in [1.807, 2.05) is 32.3 Å². The molecule has 2 nitrogen and oxygen atoms in total. The molecule has 0 fully saturated rings. The Kier molecular flexibility index (Phi) is 5.15. The summed E-state index contributed by atoms with van der Waals surface area (Å²) in [5.74, 6) is -0.199. The van der Waals surface area contributed by atoms with E-state index >= 15 is 0 Å². The third-order valence-electron chi connectivity index (χ3n) is 3.13. The van der Waals surface area contributed by atoms with E-state index in [0.29, 0.717) is 6.54 Å². The molecule has 0 heterocycles. The van der Waals surface area contributed by atoms with Crippen molar-refractivity contribution < 1.29 is 4.39 Å². The number of nitrogens with zero attached hydrogens (tertiary/aromatic N) is 1. The normalized spacial score (nSPS) is 10.6. The van der Waals surface area contributed by atoms with E-state index in [2.05, 4.69) is 38.3 Å². The Bertz CT molecular complexity index is 586. The third-order valence-corrected chi connectivity index (χ3v) is 3.62.